The first-order valence-electron chi connectivity index (χ1n) is 11.2. The highest BCUT2D eigenvalue weighted by Crippen LogP contribution is 2.24. The van der Waals surface area contributed by atoms with E-state index < -0.39 is 10.0 Å². The molecular weight excluding hydrogens is 448 g/mol. The van der Waals surface area contributed by atoms with Crippen LogP contribution in [0.15, 0.2) is 78.9 Å². The van der Waals surface area contributed by atoms with E-state index in [2.05, 4.69) is 38.2 Å². The molecule has 0 atom stereocenters. The van der Waals surface area contributed by atoms with Crippen molar-refractivity contribution in [1.82, 2.24) is 5.32 Å². The van der Waals surface area contributed by atoms with Gasteiger partial charge in [-0.1, -0.05) is 63.2 Å². The lowest BCUT2D eigenvalue weighted by Gasteiger charge is -2.22. The lowest BCUT2D eigenvalue weighted by molar-refractivity contribution is 0.0947. The molecule has 3 rings (SSSR count). The van der Waals surface area contributed by atoms with Crippen LogP contribution in [0.2, 0.25) is 0 Å². The summed E-state index contributed by atoms with van der Waals surface area (Å²) in [6.07, 6.45) is 1.18. The molecule has 3 aromatic carbocycles. The van der Waals surface area contributed by atoms with E-state index in [4.69, 9.17) is 4.74 Å². The normalized spacial score (nSPS) is 11.6. The second-order valence-corrected chi connectivity index (χ2v) is 11.1. The maximum atomic E-state index is 12.5. The van der Waals surface area contributed by atoms with Gasteiger partial charge in [0.05, 0.1) is 25.0 Å². The van der Waals surface area contributed by atoms with Crippen molar-refractivity contribution in [2.24, 2.45) is 0 Å². The third-order valence-corrected chi connectivity index (χ3v) is 6.50. The third kappa shape index (κ3) is 7.09. The van der Waals surface area contributed by atoms with Crippen molar-refractivity contribution in [3.63, 3.8) is 0 Å². The summed E-state index contributed by atoms with van der Waals surface area (Å²) in [4.78, 5) is 12.5. The van der Waals surface area contributed by atoms with Gasteiger partial charge >= 0.3 is 0 Å². The molecule has 0 saturated carbocycles. The van der Waals surface area contributed by atoms with Crippen LogP contribution in [-0.4, -0.2) is 33.7 Å². The summed E-state index contributed by atoms with van der Waals surface area (Å²) in [5.74, 6) is 0.557. The van der Waals surface area contributed by atoms with Crippen molar-refractivity contribution in [3.8, 4) is 5.75 Å². The van der Waals surface area contributed by atoms with Crippen LogP contribution < -0.4 is 14.4 Å². The van der Waals surface area contributed by atoms with E-state index in [-0.39, 0.29) is 17.9 Å². The average molecular weight is 481 g/mol. The van der Waals surface area contributed by atoms with Crippen molar-refractivity contribution in [2.45, 2.75) is 32.7 Å². The molecular formula is C27H32N2O4S. The maximum Gasteiger partial charge on any atom is 0.251 e. The Morgan fingerprint density at radius 2 is 1.53 bits per heavy atom. The molecule has 180 valence electrons. The van der Waals surface area contributed by atoms with Gasteiger partial charge < -0.3 is 10.1 Å². The van der Waals surface area contributed by atoms with E-state index in [1.54, 1.807) is 48.5 Å². The Kier molecular flexibility index (Phi) is 7.99. The van der Waals surface area contributed by atoms with Crippen LogP contribution in [0.1, 0.15) is 42.3 Å². The lowest BCUT2D eigenvalue weighted by Crippen LogP contribution is -2.29. The van der Waals surface area contributed by atoms with Gasteiger partial charge in [0.15, 0.2) is 0 Å². The van der Waals surface area contributed by atoms with Gasteiger partial charge in [-0.2, -0.15) is 0 Å². The number of carbonyl (C=O) groups is 1. The molecule has 3 aromatic rings. The fourth-order valence-corrected chi connectivity index (χ4v) is 4.30. The Morgan fingerprint density at radius 3 is 2.09 bits per heavy atom. The number of amides is 1. The molecule has 7 heteroatoms. The molecule has 0 aliphatic heterocycles. The zero-order valence-corrected chi connectivity index (χ0v) is 20.9. The second-order valence-electron chi connectivity index (χ2n) is 9.18. The molecule has 34 heavy (non-hydrogen) atoms. The molecule has 0 saturated heterocycles. The number of nitrogens with one attached hydrogen (secondary N) is 1. The third-order valence-electron chi connectivity index (χ3n) is 5.36. The van der Waals surface area contributed by atoms with Crippen molar-refractivity contribution >= 4 is 21.6 Å². The molecule has 1 amide bonds. The summed E-state index contributed by atoms with van der Waals surface area (Å²) in [5.41, 5.74) is 3.21. The Hall–Kier alpha value is -3.32. The lowest BCUT2D eigenvalue weighted by atomic mass is 9.87. The Balaban J connectivity index is 1.52. The van der Waals surface area contributed by atoms with Crippen molar-refractivity contribution in [3.05, 3.63) is 95.6 Å². The summed E-state index contributed by atoms with van der Waals surface area (Å²) in [6.45, 7) is 7.41. The number of sulfonamides is 1. The van der Waals surface area contributed by atoms with Crippen molar-refractivity contribution < 1.29 is 17.9 Å². The molecule has 0 heterocycles. The smallest absolute Gasteiger partial charge is 0.251 e. The largest absolute Gasteiger partial charge is 0.492 e. The van der Waals surface area contributed by atoms with Gasteiger partial charge in [-0.25, -0.2) is 8.42 Å². The molecule has 0 spiro atoms. The van der Waals surface area contributed by atoms with Gasteiger partial charge in [0, 0.05) is 5.56 Å². The number of benzene rings is 3. The zero-order valence-electron chi connectivity index (χ0n) is 20.1. The van der Waals surface area contributed by atoms with Crippen molar-refractivity contribution in [1.29, 1.82) is 0 Å². The van der Waals surface area contributed by atoms with Gasteiger partial charge in [0.2, 0.25) is 10.0 Å². The van der Waals surface area contributed by atoms with Crippen LogP contribution >= 0.6 is 0 Å². The molecule has 0 unspecified atom stereocenters. The predicted octanol–water partition coefficient (Wildman–Crippen LogP) is 4.76. The first-order chi connectivity index (χ1) is 16.0. The number of ether oxygens (including phenoxy) is 1. The number of hydrogen-bond acceptors (Lipinski definition) is 4. The highest BCUT2D eigenvalue weighted by molar-refractivity contribution is 7.92. The summed E-state index contributed by atoms with van der Waals surface area (Å²) >= 11 is 0. The minimum Gasteiger partial charge on any atom is -0.492 e. The van der Waals surface area contributed by atoms with Crippen LogP contribution in [0.5, 0.6) is 5.75 Å². The maximum absolute atomic E-state index is 12.5. The van der Waals surface area contributed by atoms with E-state index in [1.165, 1.54) is 16.1 Å². The summed E-state index contributed by atoms with van der Waals surface area (Å²) in [6, 6.07) is 23.9. The fraction of sp³-hybridized carbons (Fsp3) is 0.296. The summed E-state index contributed by atoms with van der Waals surface area (Å²) in [5, 5.41) is 2.84. The van der Waals surface area contributed by atoms with Crippen LogP contribution in [-0.2, 0) is 22.0 Å². The fourth-order valence-electron chi connectivity index (χ4n) is 3.41. The van der Waals surface area contributed by atoms with E-state index >= 15 is 0 Å². The van der Waals surface area contributed by atoms with Gasteiger partial charge in [0.25, 0.3) is 5.91 Å². The second kappa shape index (κ2) is 10.7. The number of rotatable bonds is 9. The van der Waals surface area contributed by atoms with Gasteiger partial charge in [-0.3, -0.25) is 9.10 Å². The standard InChI is InChI=1S/C27H32N2O4S/c1-27(2,3)23-14-16-25(17-15-23)33-19-18-28-26(30)22-12-10-21(11-13-22)20-29(34(4,31)32)24-8-6-5-7-9-24/h5-17H,18-20H2,1-4H3,(H,28,30). The molecule has 6 nitrogen and oxygen atoms in total. The van der Waals surface area contributed by atoms with Gasteiger partial charge in [-0.15, -0.1) is 0 Å². The predicted molar refractivity (Wildman–Crippen MR) is 137 cm³/mol. The number of carbonyl (C=O) groups excluding carboxylic acids is 1. The van der Waals surface area contributed by atoms with Crippen LogP contribution in [0.3, 0.4) is 0 Å². The quantitative estimate of drug-likeness (QED) is 0.448. The average Bonchev–Trinajstić information content (AvgIpc) is 2.80. The molecule has 0 bridgehead atoms. The topological polar surface area (TPSA) is 75.7 Å². The summed E-state index contributed by atoms with van der Waals surface area (Å²) < 4.78 is 31.6. The highest BCUT2D eigenvalue weighted by Gasteiger charge is 2.18. The van der Waals surface area contributed by atoms with Crippen LogP contribution in [0, 0.1) is 0 Å². The Bertz CT molecular complexity index is 1180. The molecule has 0 aliphatic carbocycles. The first kappa shape index (κ1) is 25.3. The number of para-hydroxylation sites is 1. The highest BCUT2D eigenvalue weighted by atomic mass is 32.2. The van der Waals surface area contributed by atoms with E-state index in [1.807, 2.05) is 18.2 Å². The number of nitrogens with zero attached hydrogens (tertiary/aromatic N) is 1. The van der Waals surface area contributed by atoms with Gasteiger partial charge in [-0.05, 0) is 52.9 Å². The minimum atomic E-state index is -3.45. The summed E-state index contributed by atoms with van der Waals surface area (Å²) in [7, 11) is -3.45. The molecule has 0 radical (unpaired) electrons. The van der Waals surface area contributed by atoms with Crippen molar-refractivity contribution in [2.75, 3.05) is 23.7 Å². The Morgan fingerprint density at radius 1 is 0.912 bits per heavy atom. The van der Waals surface area contributed by atoms with E-state index in [0.29, 0.717) is 24.4 Å². The Labute approximate surface area is 202 Å². The minimum absolute atomic E-state index is 0.0900. The first-order valence-corrected chi connectivity index (χ1v) is 13.0. The molecule has 1 N–H and O–H groups in total. The molecule has 0 fully saturated rings. The van der Waals surface area contributed by atoms with Crippen LogP contribution in [0.4, 0.5) is 5.69 Å². The molecule has 0 aliphatic rings. The number of hydrogen-bond donors (Lipinski definition) is 1. The SMILES string of the molecule is CC(C)(C)c1ccc(OCCNC(=O)c2ccc(CN(c3ccccc3)S(C)(=O)=O)cc2)cc1. The van der Waals surface area contributed by atoms with E-state index in [9.17, 15) is 13.2 Å². The van der Waals surface area contributed by atoms with Crippen LogP contribution in [0.25, 0.3) is 0 Å². The monoisotopic (exact) mass is 480 g/mol. The van der Waals surface area contributed by atoms with Gasteiger partial charge in [0.1, 0.15) is 12.4 Å². The number of anilines is 1. The molecule has 0 aromatic heterocycles. The zero-order chi connectivity index (χ0) is 24.8. The van der Waals surface area contributed by atoms with E-state index in [0.717, 1.165) is 11.3 Å².